The molecule has 6 nitrogen and oxygen atoms in total. The lowest BCUT2D eigenvalue weighted by molar-refractivity contribution is 0.345. The van der Waals surface area contributed by atoms with E-state index in [9.17, 15) is 8.42 Å². The maximum Gasteiger partial charge on any atom is 0.241 e. The van der Waals surface area contributed by atoms with E-state index in [1.54, 1.807) is 6.07 Å². The molecule has 0 spiro atoms. The van der Waals surface area contributed by atoms with Crippen molar-refractivity contribution in [1.29, 1.82) is 0 Å². The van der Waals surface area contributed by atoms with Gasteiger partial charge in [0.25, 0.3) is 0 Å². The normalized spacial score (nSPS) is 26.4. The lowest BCUT2D eigenvalue weighted by Crippen LogP contribution is -2.47. The van der Waals surface area contributed by atoms with Crippen LogP contribution in [-0.4, -0.2) is 40.8 Å². The summed E-state index contributed by atoms with van der Waals surface area (Å²) >= 11 is 0. The van der Waals surface area contributed by atoms with Crippen molar-refractivity contribution in [2.24, 2.45) is 0 Å². The summed E-state index contributed by atoms with van der Waals surface area (Å²) < 4.78 is 38.4. The van der Waals surface area contributed by atoms with E-state index in [2.05, 4.69) is 10.0 Å². The Morgan fingerprint density at radius 3 is 2.04 bits per heavy atom. The monoisotopic (exact) mass is 362 g/mol. The van der Waals surface area contributed by atoms with E-state index in [-0.39, 0.29) is 23.3 Å². The second-order valence-corrected chi connectivity index (χ2v) is 7.69. The summed E-state index contributed by atoms with van der Waals surface area (Å²) in [5.41, 5.74) is 0. The predicted molar refractivity (Wildman–Crippen MR) is 90.1 cm³/mol. The first kappa shape index (κ1) is 18.3. The molecule has 2 aliphatic rings. The fraction of sp³-hybridized carbons (Fsp3) is 0.600. The van der Waals surface area contributed by atoms with E-state index in [0.29, 0.717) is 23.6 Å². The number of hydrogen-bond donors (Lipinski definition) is 2. The lowest BCUT2D eigenvalue weighted by atomic mass is 10.0. The van der Waals surface area contributed by atoms with Crippen LogP contribution in [0.5, 0.6) is 11.5 Å². The van der Waals surface area contributed by atoms with Gasteiger partial charge in [-0.1, -0.05) is 0 Å². The van der Waals surface area contributed by atoms with Gasteiger partial charge in [-0.3, -0.25) is 0 Å². The van der Waals surface area contributed by atoms with Gasteiger partial charge in [0.2, 0.25) is 10.0 Å². The first-order valence-corrected chi connectivity index (χ1v) is 9.00. The zero-order chi connectivity index (χ0) is 15.7. The Balaban J connectivity index is 0.00000192. The Hall–Kier alpha value is -1.02. The smallest absolute Gasteiger partial charge is 0.241 e. The van der Waals surface area contributed by atoms with Crippen molar-refractivity contribution >= 4 is 22.4 Å². The van der Waals surface area contributed by atoms with Crippen LogP contribution in [0.25, 0.3) is 0 Å². The summed E-state index contributed by atoms with van der Waals surface area (Å²) in [5, 5.41) is 3.51. The van der Waals surface area contributed by atoms with Crippen LogP contribution in [0, 0.1) is 0 Å². The SMILES string of the molecule is COc1cc(OC)cc(S(=O)(=O)NC2CC3CCC(C2)N3)c1.Cl. The van der Waals surface area contributed by atoms with Crippen LogP contribution in [-0.2, 0) is 10.0 Å². The second-order valence-electron chi connectivity index (χ2n) is 5.98. The summed E-state index contributed by atoms with van der Waals surface area (Å²) in [6, 6.07) is 5.55. The Morgan fingerprint density at radius 2 is 1.57 bits per heavy atom. The molecular formula is C15H23ClN2O4S. The largest absolute Gasteiger partial charge is 0.497 e. The van der Waals surface area contributed by atoms with Gasteiger partial charge < -0.3 is 14.8 Å². The number of piperidine rings is 1. The van der Waals surface area contributed by atoms with Crippen molar-refractivity contribution < 1.29 is 17.9 Å². The Kier molecular flexibility index (Phi) is 5.78. The molecule has 2 heterocycles. The van der Waals surface area contributed by atoms with Gasteiger partial charge in [0.1, 0.15) is 11.5 Å². The highest BCUT2D eigenvalue weighted by atomic mass is 35.5. The molecule has 0 aliphatic carbocycles. The Morgan fingerprint density at radius 1 is 1.04 bits per heavy atom. The zero-order valence-corrected chi connectivity index (χ0v) is 14.9. The third-order valence-corrected chi connectivity index (χ3v) is 5.93. The van der Waals surface area contributed by atoms with Crippen LogP contribution in [0.4, 0.5) is 0 Å². The number of halogens is 1. The third kappa shape index (κ3) is 4.09. The van der Waals surface area contributed by atoms with Crippen molar-refractivity contribution in [2.75, 3.05) is 14.2 Å². The van der Waals surface area contributed by atoms with Gasteiger partial charge in [-0.05, 0) is 25.7 Å². The molecule has 2 fully saturated rings. The minimum Gasteiger partial charge on any atom is -0.497 e. The summed E-state index contributed by atoms with van der Waals surface area (Å²) in [6.07, 6.45) is 3.96. The summed E-state index contributed by atoms with van der Waals surface area (Å²) in [7, 11) is -0.576. The highest BCUT2D eigenvalue weighted by Crippen LogP contribution is 2.29. The maximum atomic E-state index is 12.6. The van der Waals surface area contributed by atoms with Crippen molar-refractivity contribution in [1.82, 2.24) is 10.0 Å². The molecule has 1 aromatic rings. The van der Waals surface area contributed by atoms with E-state index < -0.39 is 10.0 Å². The summed E-state index contributed by atoms with van der Waals surface area (Å²) in [6.45, 7) is 0. The fourth-order valence-electron chi connectivity index (χ4n) is 3.38. The number of methoxy groups -OCH3 is 2. The minimum absolute atomic E-state index is 0. The molecule has 0 radical (unpaired) electrons. The second kappa shape index (κ2) is 7.25. The molecular weight excluding hydrogens is 340 g/mol. The third-order valence-electron chi connectivity index (χ3n) is 4.43. The van der Waals surface area contributed by atoms with Gasteiger partial charge in [-0.15, -0.1) is 12.4 Å². The van der Waals surface area contributed by atoms with Crippen LogP contribution in [0.3, 0.4) is 0 Å². The van der Waals surface area contributed by atoms with Gasteiger partial charge in [0.15, 0.2) is 0 Å². The van der Waals surface area contributed by atoms with E-state index >= 15 is 0 Å². The molecule has 0 amide bonds. The number of rotatable bonds is 5. The molecule has 2 saturated heterocycles. The average Bonchev–Trinajstić information content (AvgIpc) is 2.85. The van der Waals surface area contributed by atoms with Gasteiger partial charge in [-0.2, -0.15) is 0 Å². The van der Waals surface area contributed by atoms with E-state index in [1.165, 1.54) is 26.4 Å². The maximum absolute atomic E-state index is 12.6. The number of fused-ring (bicyclic) bond motifs is 2. The molecule has 2 atom stereocenters. The van der Waals surface area contributed by atoms with Crippen molar-refractivity contribution in [3.8, 4) is 11.5 Å². The number of sulfonamides is 1. The molecule has 130 valence electrons. The number of hydrogen-bond acceptors (Lipinski definition) is 5. The minimum atomic E-state index is -3.58. The molecule has 0 aromatic heterocycles. The average molecular weight is 363 g/mol. The lowest BCUT2D eigenvalue weighted by Gasteiger charge is -2.29. The van der Waals surface area contributed by atoms with Crippen LogP contribution >= 0.6 is 12.4 Å². The van der Waals surface area contributed by atoms with Gasteiger partial charge >= 0.3 is 0 Å². The van der Waals surface area contributed by atoms with E-state index in [4.69, 9.17) is 9.47 Å². The standard InChI is InChI=1S/C15H22N2O4S.ClH/c1-20-13-7-14(21-2)9-15(8-13)22(18,19)17-12-5-10-3-4-11(6-12)16-10;/h7-12,16-17H,3-6H2,1-2H3;1H. The Labute approximate surface area is 143 Å². The fourth-order valence-corrected chi connectivity index (χ4v) is 4.69. The molecule has 3 rings (SSSR count). The number of ether oxygens (including phenoxy) is 2. The molecule has 23 heavy (non-hydrogen) atoms. The highest BCUT2D eigenvalue weighted by Gasteiger charge is 2.35. The first-order valence-electron chi connectivity index (χ1n) is 7.51. The van der Waals surface area contributed by atoms with Crippen LogP contribution in [0.1, 0.15) is 25.7 Å². The molecule has 2 bridgehead atoms. The predicted octanol–water partition coefficient (Wildman–Crippen LogP) is 1.69. The first-order chi connectivity index (χ1) is 10.5. The highest BCUT2D eigenvalue weighted by molar-refractivity contribution is 7.89. The van der Waals surface area contributed by atoms with Crippen molar-refractivity contribution in [2.45, 2.75) is 48.7 Å². The number of nitrogens with one attached hydrogen (secondary N) is 2. The van der Waals surface area contributed by atoms with Gasteiger partial charge in [-0.25, -0.2) is 13.1 Å². The zero-order valence-electron chi connectivity index (χ0n) is 13.2. The van der Waals surface area contributed by atoms with E-state index in [0.717, 1.165) is 25.7 Å². The Bertz CT molecular complexity index is 619. The quantitative estimate of drug-likeness (QED) is 0.833. The van der Waals surface area contributed by atoms with Gasteiger partial charge in [0, 0.05) is 36.3 Å². The summed E-state index contributed by atoms with van der Waals surface area (Å²) in [4.78, 5) is 0.176. The summed E-state index contributed by atoms with van der Waals surface area (Å²) in [5.74, 6) is 0.926. The van der Waals surface area contributed by atoms with Crippen molar-refractivity contribution in [3.05, 3.63) is 18.2 Å². The van der Waals surface area contributed by atoms with Crippen molar-refractivity contribution in [3.63, 3.8) is 0 Å². The van der Waals surface area contributed by atoms with Crippen LogP contribution in [0.2, 0.25) is 0 Å². The molecule has 2 N–H and O–H groups in total. The van der Waals surface area contributed by atoms with Crippen LogP contribution < -0.4 is 19.5 Å². The topological polar surface area (TPSA) is 76.7 Å². The van der Waals surface area contributed by atoms with E-state index in [1.807, 2.05) is 0 Å². The molecule has 0 saturated carbocycles. The molecule has 2 aliphatic heterocycles. The molecule has 1 aromatic carbocycles. The molecule has 2 unspecified atom stereocenters. The number of benzene rings is 1. The van der Waals surface area contributed by atoms with Gasteiger partial charge in [0.05, 0.1) is 19.1 Å². The molecule has 8 heteroatoms. The van der Waals surface area contributed by atoms with Crippen LogP contribution in [0.15, 0.2) is 23.1 Å².